The SMILES string of the molecule is Nc1ccc2c(c1)C(CNC1CCCC1)CC2. The van der Waals surface area contributed by atoms with Crippen LogP contribution >= 0.6 is 0 Å². The zero-order valence-electron chi connectivity index (χ0n) is 10.4. The Labute approximate surface area is 104 Å². The van der Waals surface area contributed by atoms with Crippen LogP contribution in [0.3, 0.4) is 0 Å². The molecule has 1 atom stereocenters. The Morgan fingerprint density at radius 2 is 2.00 bits per heavy atom. The molecule has 2 aliphatic rings. The van der Waals surface area contributed by atoms with Crippen LogP contribution in [0.25, 0.3) is 0 Å². The molecular formula is C15H22N2. The maximum Gasteiger partial charge on any atom is 0.0317 e. The predicted molar refractivity (Wildman–Crippen MR) is 72.2 cm³/mol. The molecule has 0 heterocycles. The van der Waals surface area contributed by atoms with Crippen molar-refractivity contribution in [1.82, 2.24) is 5.32 Å². The normalized spacial score (nSPS) is 24.1. The van der Waals surface area contributed by atoms with Gasteiger partial charge in [0.05, 0.1) is 0 Å². The van der Waals surface area contributed by atoms with Crippen LogP contribution < -0.4 is 11.1 Å². The summed E-state index contributed by atoms with van der Waals surface area (Å²) in [7, 11) is 0. The first-order chi connectivity index (χ1) is 8.33. The summed E-state index contributed by atoms with van der Waals surface area (Å²) in [6.45, 7) is 1.14. The Morgan fingerprint density at radius 3 is 2.82 bits per heavy atom. The van der Waals surface area contributed by atoms with E-state index in [1.807, 2.05) is 6.07 Å². The van der Waals surface area contributed by atoms with Crippen LogP contribution in [0, 0.1) is 0 Å². The summed E-state index contributed by atoms with van der Waals surface area (Å²) in [6, 6.07) is 7.20. The molecule has 0 saturated heterocycles. The van der Waals surface area contributed by atoms with Gasteiger partial charge in [0.15, 0.2) is 0 Å². The highest BCUT2D eigenvalue weighted by Crippen LogP contribution is 2.34. The van der Waals surface area contributed by atoms with Crippen LogP contribution in [-0.4, -0.2) is 12.6 Å². The molecule has 1 fully saturated rings. The first-order valence-electron chi connectivity index (χ1n) is 6.94. The summed E-state index contributed by atoms with van der Waals surface area (Å²) in [4.78, 5) is 0. The Morgan fingerprint density at radius 1 is 1.18 bits per heavy atom. The molecule has 2 aliphatic carbocycles. The highest BCUT2D eigenvalue weighted by molar-refractivity contribution is 5.48. The van der Waals surface area contributed by atoms with E-state index in [-0.39, 0.29) is 0 Å². The summed E-state index contributed by atoms with van der Waals surface area (Å²) in [5, 5.41) is 3.74. The molecule has 0 aromatic heterocycles. The second-order valence-electron chi connectivity index (χ2n) is 5.58. The maximum atomic E-state index is 5.89. The van der Waals surface area contributed by atoms with Crippen LogP contribution in [0.4, 0.5) is 5.69 Å². The van der Waals surface area contributed by atoms with Gasteiger partial charge in [0.25, 0.3) is 0 Å². The molecule has 3 N–H and O–H groups in total. The first-order valence-corrected chi connectivity index (χ1v) is 6.94. The van der Waals surface area contributed by atoms with E-state index in [1.54, 1.807) is 0 Å². The fraction of sp³-hybridized carbons (Fsp3) is 0.600. The summed E-state index contributed by atoms with van der Waals surface area (Å²) in [5.41, 5.74) is 9.81. The summed E-state index contributed by atoms with van der Waals surface area (Å²) in [6.07, 6.45) is 8.08. The molecular weight excluding hydrogens is 208 g/mol. The second-order valence-corrected chi connectivity index (χ2v) is 5.58. The third-order valence-corrected chi connectivity index (χ3v) is 4.38. The lowest BCUT2D eigenvalue weighted by Crippen LogP contribution is -2.29. The van der Waals surface area contributed by atoms with Crippen molar-refractivity contribution in [3.63, 3.8) is 0 Å². The number of aryl methyl sites for hydroxylation is 1. The third kappa shape index (κ3) is 2.32. The van der Waals surface area contributed by atoms with Gasteiger partial charge in [-0.25, -0.2) is 0 Å². The highest BCUT2D eigenvalue weighted by atomic mass is 14.9. The van der Waals surface area contributed by atoms with Crippen molar-refractivity contribution in [1.29, 1.82) is 0 Å². The molecule has 92 valence electrons. The Bertz CT molecular complexity index is 394. The van der Waals surface area contributed by atoms with Crippen LogP contribution in [0.15, 0.2) is 18.2 Å². The minimum atomic E-state index is 0.689. The van der Waals surface area contributed by atoms with E-state index < -0.39 is 0 Å². The van der Waals surface area contributed by atoms with Crippen molar-refractivity contribution in [2.45, 2.75) is 50.5 Å². The highest BCUT2D eigenvalue weighted by Gasteiger charge is 2.23. The summed E-state index contributed by atoms with van der Waals surface area (Å²) < 4.78 is 0. The fourth-order valence-electron chi connectivity index (χ4n) is 3.36. The van der Waals surface area contributed by atoms with E-state index in [9.17, 15) is 0 Å². The van der Waals surface area contributed by atoms with Crippen molar-refractivity contribution in [3.8, 4) is 0 Å². The van der Waals surface area contributed by atoms with Gasteiger partial charge in [-0.1, -0.05) is 18.9 Å². The number of hydrogen-bond donors (Lipinski definition) is 2. The quantitative estimate of drug-likeness (QED) is 0.784. The van der Waals surface area contributed by atoms with Gasteiger partial charge < -0.3 is 11.1 Å². The molecule has 1 unspecified atom stereocenters. The zero-order chi connectivity index (χ0) is 11.7. The zero-order valence-corrected chi connectivity index (χ0v) is 10.4. The van der Waals surface area contributed by atoms with E-state index in [1.165, 1.54) is 49.7 Å². The maximum absolute atomic E-state index is 5.89. The number of anilines is 1. The van der Waals surface area contributed by atoms with Crippen molar-refractivity contribution >= 4 is 5.69 Å². The molecule has 0 amide bonds. The van der Waals surface area contributed by atoms with Gasteiger partial charge in [0, 0.05) is 18.3 Å². The van der Waals surface area contributed by atoms with Gasteiger partial charge in [-0.2, -0.15) is 0 Å². The van der Waals surface area contributed by atoms with Crippen LogP contribution in [0.1, 0.15) is 49.1 Å². The first kappa shape index (κ1) is 11.1. The summed E-state index contributed by atoms with van der Waals surface area (Å²) in [5.74, 6) is 0.689. The molecule has 17 heavy (non-hydrogen) atoms. The second kappa shape index (κ2) is 4.69. The number of nitrogen functional groups attached to an aromatic ring is 1. The number of fused-ring (bicyclic) bond motifs is 1. The molecule has 0 bridgehead atoms. The third-order valence-electron chi connectivity index (χ3n) is 4.38. The smallest absolute Gasteiger partial charge is 0.0317 e. The standard InChI is InChI=1S/C15H22N2/c16-13-8-7-11-5-6-12(15(11)9-13)10-17-14-3-1-2-4-14/h7-9,12,14,17H,1-6,10,16H2. The van der Waals surface area contributed by atoms with Crippen LogP contribution in [-0.2, 0) is 6.42 Å². The van der Waals surface area contributed by atoms with Gasteiger partial charge in [-0.15, -0.1) is 0 Å². The number of hydrogen-bond acceptors (Lipinski definition) is 2. The minimum absolute atomic E-state index is 0.689. The largest absolute Gasteiger partial charge is 0.399 e. The number of nitrogens with two attached hydrogens (primary N) is 1. The van der Waals surface area contributed by atoms with Gasteiger partial charge in [-0.3, -0.25) is 0 Å². The van der Waals surface area contributed by atoms with Crippen LogP contribution in [0.2, 0.25) is 0 Å². The summed E-state index contributed by atoms with van der Waals surface area (Å²) >= 11 is 0. The number of benzene rings is 1. The molecule has 2 nitrogen and oxygen atoms in total. The van der Waals surface area contributed by atoms with E-state index in [0.29, 0.717) is 5.92 Å². The van der Waals surface area contributed by atoms with Gasteiger partial charge in [0.1, 0.15) is 0 Å². The van der Waals surface area contributed by atoms with E-state index in [0.717, 1.165) is 18.3 Å². The molecule has 1 saturated carbocycles. The van der Waals surface area contributed by atoms with E-state index in [4.69, 9.17) is 5.73 Å². The van der Waals surface area contributed by atoms with Crippen LogP contribution in [0.5, 0.6) is 0 Å². The topological polar surface area (TPSA) is 38.0 Å². The van der Waals surface area contributed by atoms with Gasteiger partial charge in [-0.05, 0) is 54.9 Å². The lowest BCUT2D eigenvalue weighted by molar-refractivity contribution is 0.486. The molecule has 0 spiro atoms. The van der Waals surface area contributed by atoms with Crippen molar-refractivity contribution in [3.05, 3.63) is 29.3 Å². The Balaban J connectivity index is 1.64. The van der Waals surface area contributed by atoms with Gasteiger partial charge in [0.2, 0.25) is 0 Å². The fourth-order valence-corrected chi connectivity index (χ4v) is 3.36. The molecule has 1 aromatic rings. The lowest BCUT2D eigenvalue weighted by Gasteiger charge is -2.17. The Kier molecular flexibility index (Phi) is 3.06. The van der Waals surface area contributed by atoms with E-state index in [2.05, 4.69) is 17.4 Å². The van der Waals surface area contributed by atoms with Crippen molar-refractivity contribution in [2.75, 3.05) is 12.3 Å². The average molecular weight is 230 g/mol. The number of rotatable bonds is 3. The molecule has 1 aromatic carbocycles. The molecule has 0 aliphatic heterocycles. The molecule has 2 heteroatoms. The van der Waals surface area contributed by atoms with Crippen molar-refractivity contribution in [2.24, 2.45) is 0 Å². The predicted octanol–water partition coefficient (Wildman–Crippen LogP) is 2.83. The molecule has 0 radical (unpaired) electrons. The monoisotopic (exact) mass is 230 g/mol. The number of nitrogens with one attached hydrogen (secondary N) is 1. The average Bonchev–Trinajstić information content (AvgIpc) is 2.94. The minimum Gasteiger partial charge on any atom is -0.399 e. The lowest BCUT2D eigenvalue weighted by atomic mass is 10.0. The molecule has 3 rings (SSSR count). The van der Waals surface area contributed by atoms with Crippen molar-refractivity contribution < 1.29 is 0 Å². The Hall–Kier alpha value is -1.02. The van der Waals surface area contributed by atoms with Gasteiger partial charge >= 0.3 is 0 Å². The van der Waals surface area contributed by atoms with E-state index >= 15 is 0 Å².